The van der Waals surface area contributed by atoms with Crippen molar-refractivity contribution in [2.24, 2.45) is 0 Å². The minimum Gasteiger partial charge on any atom is -0.368 e. The average Bonchev–Trinajstić information content (AvgIpc) is 3.37. The molecule has 2 fully saturated rings. The van der Waals surface area contributed by atoms with Crippen molar-refractivity contribution in [1.82, 2.24) is 14.9 Å². The number of nitrogens with one attached hydrogen (secondary N) is 1. The Labute approximate surface area is 149 Å². The van der Waals surface area contributed by atoms with E-state index < -0.39 is 0 Å². The summed E-state index contributed by atoms with van der Waals surface area (Å²) in [6, 6.07) is 10.5. The number of nitrogens with two attached hydrogens (primary N) is 1. The van der Waals surface area contributed by atoms with E-state index in [1.54, 1.807) is 0 Å². The maximum atomic E-state index is 5.97. The Morgan fingerprint density at radius 3 is 2.64 bits per heavy atom. The summed E-state index contributed by atoms with van der Waals surface area (Å²) in [5.74, 6) is 2.04. The summed E-state index contributed by atoms with van der Waals surface area (Å²) >= 11 is 0. The first-order valence-electron chi connectivity index (χ1n) is 8.94. The lowest BCUT2D eigenvalue weighted by atomic mass is 10.1. The van der Waals surface area contributed by atoms with Crippen LogP contribution in [0.4, 0.5) is 17.6 Å². The van der Waals surface area contributed by atoms with Crippen LogP contribution in [-0.4, -0.2) is 47.1 Å². The van der Waals surface area contributed by atoms with Crippen molar-refractivity contribution in [3.63, 3.8) is 0 Å². The number of aryl methyl sites for hydroxylation is 1. The molecule has 6 nitrogen and oxygen atoms in total. The molecule has 25 heavy (non-hydrogen) atoms. The zero-order chi connectivity index (χ0) is 17.4. The summed E-state index contributed by atoms with van der Waals surface area (Å²) in [5, 5.41) is 3.38. The van der Waals surface area contributed by atoms with Gasteiger partial charge in [-0.15, -0.1) is 0 Å². The van der Waals surface area contributed by atoms with Crippen molar-refractivity contribution in [3.8, 4) is 0 Å². The van der Waals surface area contributed by atoms with E-state index in [-0.39, 0.29) is 0 Å². The molecule has 2 heterocycles. The molecule has 0 bridgehead atoms. The number of anilines is 3. The van der Waals surface area contributed by atoms with E-state index in [9.17, 15) is 0 Å². The van der Waals surface area contributed by atoms with Crippen LogP contribution in [0.2, 0.25) is 0 Å². The molecule has 1 aromatic carbocycles. The number of piperazine rings is 1. The smallest absolute Gasteiger partial charge is 0.223 e. The van der Waals surface area contributed by atoms with Crippen molar-refractivity contribution in [2.75, 3.05) is 42.6 Å². The zero-order valence-corrected chi connectivity index (χ0v) is 15.0. The van der Waals surface area contributed by atoms with Gasteiger partial charge in [-0.1, -0.05) is 29.8 Å². The number of likely N-dealkylation sites (N-methyl/N-ethyl adjacent to an activating group) is 1. The molecule has 1 aliphatic heterocycles. The standard InChI is InChI=1S/C19H26N6/c1-14-3-5-15(6-4-14)12-21-16-11-17(23-18(20)22-16)25-10-9-24(2)19(13-25)7-8-19/h3-6,11H,7-10,12-13H2,1-2H3,(H3,20,21,22,23). The number of nitrogen functional groups attached to an aromatic ring is 1. The first-order chi connectivity index (χ1) is 12.0. The fourth-order valence-electron chi connectivity index (χ4n) is 3.55. The lowest BCUT2D eigenvalue weighted by molar-refractivity contribution is 0.198. The van der Waals surface area contributed by atoms with Gasteiger partial charge < -0.3 is 16.0 Å². The topological polar surface area (TPSA) is 70.3 Å². The number of aromatic nitrogens is 2. The molecule has 0 unspecified atom stereocenters. The quantitative estimate of drug-likeness (QED) is 0.891. The summed E-state index contributed by atoms with van der Waals surface area (Å²) in [6.45, 7) is 5.89. The molecular weight excluding hydrogens is 312 g/mol. The molecular formula is C19H26N6. The lowest BCUT2D eigenvalue weighted by Crippen LogP contribution is -2.53. The Bertz CT molecular complexity index is 753. The summed E-state index contributed by atoms with van der Waals surface area (Å²) < 4.78 is 0. The second kappa shape index (κ2) is 6.19. The SMILES string of the molecule is Cc1ccc(CNc2cc(N3CCN(C)C4(CC4)C3)nc(N)n2)cc1. The van der Waals surface area contributed by atoms with E-state index in [1.807, 2.05) is 6.07 Å². The van der Waals surface area contributed by atoms with Crippen molar-refractivity contribution in [1.29, 1.82) is 0 Å². The summed E-state index contributed by atoms with van der Waals surface area (Å²) in [5.41, 5.74) is 8.81. The highest BCUT2D eigenvalue weighted by atomic mass is 15.3. The van der Waals surface area contributed by atoms with Crippen molar-refractivity contribution < 1.29 is 0 Å². The minimum absolute atomic E-state index is 0.327. The second-order valence-corrected chi connectivity index (χ2v) is 7.38. The van der Waals surface area contributed by atoms with Crippen LogP contribution in [-0.2, 0) is 6.54 Å². The van der Waals surface area contributed by atoms with Crippen LogP contribution in [0.3, 0.4) is 0 Å². The monoisotopic (exact) mass is 338 g/mol. The van der Waals surface area contributed by atoms with Gasteiger partial charge in [0.25, 0.3) is 0 Å². The third-order valence-corrected chi connectivity index (χ3v) is 5.48. The Hall–Kier alpha value is -2.34. The third kappa shape index (κ3) is 3.39. The molecule has 1 aliphatic carbocycles. The van der Waals surface area contributed by atoms with Crippen LogP contribution >= 0.6 is 0 Å². The maximum absolute atomic E-state index is 5.97. The van der Waals surface area contributed by atoms with Gasteiger partial charge in [-0.25, -0.2) is 0 Å². The highest BCUT2D eigenvalue weighted by Crippen LogP contribution is 2.44. The Morgan fingerprint density at radius 1 is 1.16 bits per heavy atom. The average molecular weight is 338 g/mol. The molecule has 6 heteroatoms. The molecule has 1 saturated heterocycles. The van der Waals surface area contributed by atoms with Crippen LogP contribution in [0.25, 0.3) is 0 Å². The number of benzene rings is 1. The van der Waals surface area contributed by atoms with E-state index in [2.05, 4.69) is 63.3 Å². The van der Waals surface area contributed by atoms with E-state index in [0.29, 0.717) is 11.5 Å². The Balaban J connectivity index is 1.48. The van der Waals surface area contributed by atoms with E-state index >= 15 is 0 Å². The molecule has 1 saturated carbocycles. The van der Waals surface area contributed by atoms with Crippen molar-refractivity contribution >= 4 is 17.6 Å². The largest absolute Gasteiger partial charge is 0.368 e. The van der Waals surface area contributed by atoms with Gasteiger partial charge in [0.1, 0.15) is 11.6 Å². The Kier molecular flexibility index (Phi) is 4.00. The fourth-order valence-corrected chi connectivity index (χ4v) is 3.55. The van der Waals surface area contributed by atoms with E-state index in [1.165, 1.54) is 24.0 Å². The van der Waals surface area contributed by atoms with Gasteiger partial charge in [-0.3, -0.25) is 4.90 Å². The summed E-state index contributed by atoms with van der Waals surface area (Å²) in [7, 11) is 2.23. The number of hydrogen-bond acceptors (Lipinski definition) is 6. The second-order valence-electron chi connectivity index (χ2n) is 7.38. The normalized spacial score (nSPS) is 19.2. The molecule has 1 spiro atoms. The summed E-state index contributed by atoms with van der Waals surface area (Å²) in [6.07, 6.45) is 2.55. The van der Waals surface area contributed by atoms with Crippen LogP contribution in [0.1, 0.15) is 24.0 Å². The molecule has 0 atom stereocenters. The van der Waals surface area contributed by atoms with Crippen LogP contribution in [0, 0.1) is 6.92 Å². The van der Waals surface area contributed by atoms with Gasteiger partial charge in [0.05, 0.1) is 0 Å². The van der Waals surface area contributed by atoms with Gasteiger partial charge in [0.2, 0.25) is 5.95 Å². The van der Waals surface area contributed by atoms with Crippen molar-refractivity contribution in [3.05, 3.63) is 41.5 Å². The number of hydrogen-bond donors (Lipinski definition) is 2. The van der Waals surface area contributed by atoms with Gasteiger partial charge in [-0.05, 0) is 32.4 Å². The lowest BCUT2D eigenvalue weighted by Gasteiger charge is -2.40. The van der Waals surface area contributed by atoms with Crippen LogP contribution in [0.5, 0.6) is 0 Å². The number of rotatable bonds is 4. The molecule has 2 aromatic rings. The fraction of sp³-hybridized carbons (Fsp3) is 0.474. The highest BCUT2D eigenvalue weighted by molar-refractivity contribution is 5.53. The van der Waals surface area contributed by atoms with E-state index in [0.717, 1.165) is 37.8 Å². The third-order valence-electron chi connectivity index (χ3n) is 5.48. The van der Waals surface area contributed by atoms with Crippen LogP contribution in [0.15, 0.2) is 30.3 Å². The van der Waals surface area contributed by atoms with Gasteiger partial charge in [-0.2, -0.15) is 9.97 Å². The minimum atomic E-state index is 0.327. The first-order valence-corrected chi connectivity index (χ1v) is 8.94. The zero-order valence-electron chi connectivity index (χ0n) is 15.0. The highest BCUT2D eigenvalue weighted by Gasteiger charge is 2.49. The molecule has 4 rings (SSSR count). The van der Waals surface area contributed by atoms with Gasteiger partial charge in [0, 0.05) is 37.8 Å². The Morgan fingerprint density at radius 2 is 1.92 bits per heavy atom. The van der Waals surface area contributed by atoms with Crippen molar-refractivity contribution in [2.45, 2.75) is 31.8 Å². The van der Waals surface area contributed by atoms with Crippen LogP contribution < -0.4 is 16.0 Å². The maximum Gasteiger partial charge on any atom is 0.223 e. The molecule has 1 aromatic heterocycles. The molecule has 0 amide bonds. The predicted octanol–water partition coefficient (Wildman–Crippen LogP) is 2.26. The first kappa shape index (κ1) is 16.1. The summed E-state index contributed by atoms with van der Waals surface area (Å²) in [4.78, 5) is 13.7. The van der Waals surface area contributed by atoms with Gasteiger partial charge in [0.15, 0.2) is 0 Å². The molecule has 0 radical (unpaired) electrons. The predicted molar refractivity (Wildman–Crippen MR) is 102 cm³/mol. The molecule has 3 N–H and O–H groups in total. The van der Waals surface area contributed by atoms with Gasteiger partial charge >= 0.3 is 0 Å². The molecule has 132 valence electrons. The van der Waals surface area contributed by atoms with E-state index in [4.69, 9.17) is 5.73 Å². The number of nitrogens with zero attached hydrogens (tertiary/aromatic N) is 4. The molecule has 2 aliphatic rings.